The second-order valence-electron chi connectivity index (χ2n) is 6.69. The fourth-order valence-corrected chi connectivity index (χ4v) is 3.71. The van der Waals surface area contributed by atoms with Crippen LogP contribution in [0.15, 0.2) is 41.0 Å². The summed E-state index contributed by atoms with van der Waals surface area (Å²) in [7, 11) is 0. The van der Waals surface area contributed by atoms with Crippen LogP contribution in [0.1, 0.15) is 31.9 Å². The Bertz CT molecular complexity index is 1110. The maximum atomic E-state index is 12.4. The Balaban J connectivity index is 2.01. The van der Waals surface area contributed by atoms with Gasteiger partial charge in [0.1, 0.15) is 0 Å². The number of cyclic esters (lactones) is 1. The second-order valence-corrected chi connectivity index (χ2v) is 8.26. The van der Waals surface area contributed by atoms with Gasteiger partial charge in [0.15, 0.2) is 17.2 Å². The summed E-state index contributed by atoms with van der Waals surface area (Å²) in [6.07, 6.45) is 1.51. The predicted octanol–water partition coefficient (Wildman–Crippen LogP) is 5.38. The standard InChI is InChI=1S/C21H18ClIN2O6/c1-4-29-18-9-12(7-16(23)19(18)30-11(2)3)8-17-21(26)31-20(24-17)14-10-13(25(27)28)5-6-15(14)22/h5-11H,4H2,1-3H3/b17-8-. The molecule has 31 heavy (non-hydrogen) atoms. The molecule has 0 aromatic heterocycles. The Morgan fingerprint density at radius 2 is 2.06 bits per heavy atom. The molecule has 0 atom stereocenters. The molecule has 0 N–H and O–H groups in total. The van der Waals surface area contributed by atoms with Gasteiger partial charge in [-0.1, -0.05) is 11.6 Å². The van der Waals surface area contributed by atoms with Gasteiger partial charge in [0, 0.05) is 12.1 Å². The van der Waals surface area contributed by atoms with Gasteiger partial charge in [0.25, 0.3) is 5.69 Å². The molecular weight excluding hydrogens is 539 g/mol. The summed E-state index contributed by atoms with van der Waals surface area (Å²) in [6.45, 7) is 6.15. The number of rotatable bonds is 7. The first-order valence-electron chi connectivity index (χ1n) is 9.29. The highest BCUT2D eigenvalue weighted by Crippen LogP contribution is 2.36. The minimum absolute atomic E-state index is 0.0337. The van der Waals surface area contributed by atoms with E-state index in [2.05, 4.69) is 27.6 Å². The SMILES string of the molecule is CCOc1cc(/C=C2\N=C(c3cc([N+](=O)[O-])ccc3Cl)OC2=O)cc(I)c1OC(C)C. The van der Waals surface area contributed by atoms with Crippen molar-refractivity contribution < 1.29 is 23.9 Å². The maximum Gasteiger partial charge on any atom is 0.363 e. The Kier molecular flexibility index (Phi) is 7.16. The van der Waals surface area contributed by atoms with Crippen molar-refractivity contribution in [1.29, 1.82) is 0 Å². The van der Waals surface area contributed by atoms with E-state index in [-0.39, 0.29) is 34.0 Å². The number of nitrogens with zero attached hydrogens (tertiary/aromatic N) is 2. The molecule has 0 aliphatic carbocycles. The Hall–Kier alpha value is -2.66. The molecule has 0 saturated carbocycles. The fraction of sp³-hybridized carbons (Fsp3) is 0.238. The number of ether oxygens (including phenoxy) is 3. The van der Waals surface area contributed by atoms with E-state index in [4.69, 9.17) is 25.8 Å². The number of nitro groups is 1. The molecule has 0 bridgehead atoms. The molecule has 1 aliphatic heterocycles. The smallest absolute Gasteiger partial charge is 0.363 e. The highest BCUT2D eigenvalue weighted by atomic mass is 127. The van der Waals surface area contributed by atoms with Crippen molar-refractivity contribution in [2.45, 2.75) is 26.9 Å². The molecule has 0 fully saturated rings. The minimum Gasteiger partial charge on any atom is -0.490 e. The van der Waals surface area contributed by atoms with Gasteiger partial charge >= 0.3 is 5.97 Å². The van der Waals surface area contributed by atoms with Crippen LogP contribution in [-0.4, -0.2) is 29.5 Å². The van der Waals surface area contributed by atoms with E-state index < -0.39 is 10.9 Å². The van der Waals surface area contributed by atoms with Crippen LogP contribution < -0.4 is 9.47 Å². The molecule has 0 unspecified atom stereocenters. The van der Waals surface area contributed by atoms with Crippen LogP contribution in [-0.2, 0) is 9.53 Å². The zero-order chi connectivity index (χ0) is 22.7. The van der Waals surface area contributed by atoms with Crippen molar-refractivity contribution in [1.82, 2.24) is 0 Å². The third-order valence-corrected chi connectivity index (χ3v) is 5.13. The number of nitro benzene ring substituents is 1. The second kappa shape index (κ2) is 9.65. The van der Waals surface area contributed by atoms with Gasteiger partial charge in [-0.05, 0) is 73.2 Å². The maximum absolute atomic E-state index is 12.4. The summed E-state index contributed by atoms with van der Waals surface area (Å²) >= 11 is 8.26. The monoisotopic (exact) mass is 556 g/mol. The van der Waals surface area contributed by atoms with Crippen LogP contribution in [0.3, 0.4) is 0 Å². The topological polar surface area (TPSA) is 100 Å². The van der Waals surface area contributed by atoms with E-state index in [9.17, 15) is 14.9 Å². The normalized spacial score (nSPS) is 14.6. The molecule has 0 amide bonds. The van der Waals surface area contributed by atoms with E-state index in [0.717, 1.165) is 3.57 Å². The third kappa shape index (κ3) is 5.34. The molecular formula is C21H18ClIN2O6. The van der Waals surface area contributed by atoms with Crippen LogP contribution in [0, 0.1) is 13.7 Å². The molecule has 162 valence electrons. The van der Waals surface area contributed by atoms with E-state index in [1.807, 2.05) is 26.8 Å². The number of carbonyl (C=O) groups excluding carboxylic acids is 1. The van der Waals surface area contributed by atoms with E-state index in [0.29, 0.717) is 23.7 Å². The number of halogens is 2. The van der Waals surface area contributed by atoms with Gasteiger partial charge in [0.2, 0.25) is 5.90 Å². The van der Waals surface area contributed by atoms with Crippen molar-refractivity contribution in [2.75, 3.05) is 6.61 Å². The van der Waals surface area contributed by atoms with Crippen molar-refractivity contribution >= 4 is 57.8 Å². The number of non-ortho nitro benzene ring substituents is 1. The minimum atomic E-state index is -0.687. The van der Waals surface area contributed by atoms with Crippen LogP contribution in [0.2, 0.25) is 5.02 Å². The van der Waals surface area contributed by atoms with E-state index in [1.165, 1.54) is 18.2 Å². The van der Waals surface area contributed by atoms with Crippen molar-refractivity contribution in [3.8, 4) is 11.5 Å². The molecule has 2 aromatic carbocycles. The number of aliphatic imine (C=N–C) groups is 1. The predicted molar refractivity (Wildman–Crippen MR) is 125 cm³/mol. The fourth-order valence-electron chi connectivity index (χ4n) is 2.76. The lowest BCUT2D eigenvalue weighted by atomic mass is 10.1. The number of hydrogen-bond donors (Lipinski definition) is 0. The summed E-state index contributed by atoms with van der Waals surface area (Å²) in [5.41, 5.74) is 0.671. The first kappa shape index (κ1) is 23.0. The summed E-state index contributed by atoms with van der Waals surface area (Å²) in [6, 6.07) is 7.41. The number of hydrogen-bond acceptors (Lipinski definition) is 7. The third-order valence-electron chi connectivity index (χ3n) is 4.00. The van der Waals surface area contributed by atoms with Crippen molar-refractivity contribution in [3.63, 3.8) is 0 Å². The molecule has 0 spiro atoms. The molecule has 10 heteroatoms. The van der Waals surface area contributed by atoms with Crippen LogP contribution >= 0.6 is 34.2 Å². The lowest BCUT2D eigenvalue weighted by molar-refractivity contribution is -0.384. The summed E-state index contributed by atoms with van der Waals surface area (Å²) in [5, 5.41) is 11.2. The zero-order valence-corrected chi connectivity index (χ0v) is 19.8. The molecule has 0 radical (unpaired) electrons. The molecule has 1 aliphatic rings. The molecule has 8 nitrogen and oxygen atoms in total. The lowest BCUT2D eigenvalue weighted by Crippen LogP contribution is -2.09. The van der Waals surface area contributed by atoms with Crippen LogP contribution in [0.5, 0.6) is 11.5 Å². The van der Waals surface area contributed by atoms with Crippen LogP contribution in [0.4, 0.5) is 5.69 Å². The van der Waals surface area contributed by atoms with Gasteiger partial charge in [-0.15, -0.1) is 0 Å². The van der Waals surface area contributed by atoms with Crippen LogP contribution in [0.25, 0.3) is 6.08 Å². The van der Waals surface area contributed by atoms with E-state index >= 15 is 0 Å². The summed E-state index contributed by atoms with van der Waals surface area (Å²) in [4.78, 5) is 27.0. The average molecular weight is 557 g/mol. The summed E-state index contributed by atoms with van der Waals surface area (Å²) < 4.78 is 17.6. The van der Waals surface area contributed by atoms with Crippen molar-refractivity contribution in [2.24, 2.45) is 4.99 Å². The quantitative estimate of drug-likeness (QED) is 0.149. The summed E-state index contributed by atoms with van der Waals surface area (Å²) in [5.74, 6) is 0.394. The highest BCUT2D eigenvalue weighted by Gasteiger charge is 2.27. The zero-order valence-electron chi connectivity index (χ0n) is 16.8. The molecule has 1 heterocycles. The van der Waals surface area contributed by atoms with E-state index in [1.54, 1.807) is 12.1 Å². The molecule has 2 aromatic rings. The average Bonchev–Trinajstić information content (AvgIpc) is 3.05. The first-order chi connectivity index (χ1) is 14.7. The molecule has 0 saturated heterocycles. The van der Waals surface area contributed by atoms with Gasteiger partial charge in [-0.2, -0.15) is 0 Å². The van der Waals surface area contributed by atoms with Crippen molar-refractivity contribution in [3.05, 3.63) is 65.9 Å². The van der Waals surface area contributed by atoms with Gasteiger partial charge in [-0.25, -0.2) is 9.79 Å². The Morgan fingerprint density at radius 1 is 1.32 bits per heavy atom. The first-order valence-corrected chi connectivity index (χ1v) is 10.7. The largest absolute Gasteiger partial charge is 0.490 e. The number of benzene rings is 2. The Labute approximate surface area is 197 Å². The Morgan fingerprint density at radius 3 is 2.71 bits per heavy atom. The van der Waals surface area contributed by atoms with Gasteiger partial charge < -0.3 is 14.2 Å². The lowest BCUT2D eigenvalue weighted by Gasteiger charge is -2.16. The van der Waals surface area contributed by atoms with Gasteiger partial charge in [-0.3, -0.25) is 10.1 Å². The highest BCUT2D eigenvalue weighted by molar-refractivity contribution is 14.1. The number of carbonyl (C=O) groups is 1. The van der Waals surface area contributed by atoms with Gasteiger partial charge in [0.05, 0.1) is 31.8 Å². The molecule has 3 rings (SSSR count). The number of esters is 1.